The number of hydrogen-bond acceptors (Lipinski definition) is 4. The Labute approximate surface area is 192 Å². The highest BCUT2D eigenvalue weighted by molar-refractivity contribution is 6.34. The third-order valence-corrected chi connectivity index (χ3v) is 5.66. The number of amides is 3. The lowest BCUT2D eigenvalue weighted by Crippen LogP contribution is -2.48. The fourth-order valence-corrected chi connectivity index (χ4v) is 3.85. The number of carbonyl (C=O) groups excluding carboxylic acids is 3. The van der Waals surface area contributed by atoms with Crippen LogP contribution in [0.2, 0.25) is 5.02 Å². The molecule has 0 aliphatic carbocycles. The van der Waals surface area contributed by atoms with Crippen LogP contribution in [-0.4, -0.2) is 36.5 Å². The van der Waals surface area contributed by atoms with Crippen LogP contribution in [0.4, 0.5) is 10.5 Å². The SMILES string of the molecule is CCCCN1C(=O)NC(c2cccc(NC(=O)c3ccccc3Cl)c2)C(C(=O)OC)=C1C. The van der Waals surface area contributed by atoms with Gasteiger partial charge in [0.05, 0.1) is 29.3 Å². The van der Waals surface area contributed by atoms with Crippen molar-refractivity contribution in [1.82, 2.24) is 10.2 Å². The first-order valence-corrected chi connectivity index (χ1v) is 10.8. The Morgan fingerprint density at radius 2 is 1.94 bits per heavy atom. The van der Waals surface area contributed by atoms with Crippen molar-refractivity contribution in [3.8, 4) is 0 Å². The van der Waals surface area contributed by atoms with Crippen LogP contribution >= 0.6 is 11.6 Å². The van der Waals surface area contributed by atoms with Crippen LogP contribution in [0, 0.1) is 0 Å². The van der Waals surface area contributed by atoms with Gasteiger partial charge in [-0.3, -0.25) is 9.69 Å². The molecule has 0 fully saturated rings. The molecule has 1 atom stereocenters. The number of esters is 1. The molecule has 0 saturated heterocycles. The van der Waals surface area contributed by atoms with Crippen LogP contribution in [0.25, 0.3) is 0 Å². The molecule has 0 aromatic heterocycles. The smallest absolute Gasteiger partial charge is 0.337 e. The van der Waals surface area contributed by atoms with Crippen molar-refractivity contribution >= 4 is 35.2 Å². The maximum atomic E-state index is 12.8. The lowest BCUT2D eigenvalue weighted by Gasteiger charge is -2.35. The van der Waals surface area contributed by atoms with Crippen molar-refractivity contribution < 1.29 is 19.1 Å². The number of methoxy groups -OCH3 is 1. The van der Waals surface area contributed by atoms with Crippen LogP contribution in [-0.2, 0) is 9.53 Å². The van der Waals surface area contributed by atoms with Crippen LogP contribution in [0.5, 0.6) is 0 Å². The van der Waals surface area contributed by atoms with E-state index in [2.05, 4.69) is 10.6 Å². The molecule has 32 heavy (non-hydrogen) atoms. The van der Waals surface area contributed by atoms with Gasteiger partial charge in [-0.15, -0.1) is 0 Å². The quantitative estimate of drug-likeness (QED) is 0.581. The van der Waals surface area contributed by atoms with Crippen LogP contribution in [0.1, 0.15) is 48.7 Å². The molecule has 0 bridgehead atoms. The molecule has 0 saturated carbocycles. The van der Waals surface area contributed by atoms with Crippen molar-refractivity contribution in [3.05, 3.63) is 76.0 Å². The van der Waals surface area contributed by atoms with Gasteiger partial charge in [0.25, 0.3) is 5.91 Å². The molecule has 2 N–H and O–H groups in total. The average molecular weight is 456 g/mol. The number of benzene rings is 2. The molecule has 1 heterocycles. The van der Waals surface area contributed by atoms with Crippen LogP contribution in [0.3, 0.4) is 0 Å². The molecule has 2 aromatic rings. The fourth-order valence-electron chi connectivity index (χ4n) is 3.63. The fraction of sp³-hybridized carbons (Fsp3) is 0.292. The Kier molecular flexibility index (Phi) is 7.53. The number of carbonyl (C=O) groups is 3. The number of nitrogens with zero attached hydrogens (tertiary/aromatic N) is 1. The lowest BCUT2D eigenvalue weighted by atomic mass is 9.94. The Morgan fingerprint density at radius 3 is 2.62 bits per heavy atom. The molecule has 1 aliphatic rings. The largest absolute Gasteiger partial charge is 0.466 e. The monoisotopic (exact) mass is 455 g/mol. The standard InChI is InChI=1S/C24H26ClN3O4/c1-4-5-13-28-15(2)20(23(30)32-3)21(27-24(28)31)16-9-8-10-17(14-16)26-22(29)18-11-6-7-12-19(18)25/h6-12,14,21H,4-5,13H2,1-3H3,(H,26,29)(H,27,31). The number of hydrogen-bond donors (Lipinski definition) is 2. The van der Waals surface area contributed by atoms with Gasteiger partial charge >= 0.3 is 12.0 Å². The Morgan fingerprint density at radius 1 is 1.19 bits per heavy atom. The second kappa shape index (κ2) is 10.3. The zero-order valence-electron chi connectivity index (χ0n) is 18.3. The second-order valence-corrected chi connectivity index (χ2v) is 7.84. The number of nitrogens with one attached hydrogen (secondary N) is 2. The van der Waals surface area contributed by atoms with E-state index in [9.17, 15) is 14.4 Å². The van der Waals surface area contributed by atoms with E-state index >= 15 is 0 Å². The van der Waals surface area contributed by atoms with E-state index in [4.69, 9.17) is 16.3 Å². The van der Waals surface area contributed by atoms with Gasteiger partial charge in [-0.1, -0.05) is 49.2 Å². The summed E-state index contributed by atoms with van der Waals surface area (Å²) in [5.41, 5.74) is 2.42. The first-order chi connectivity index (χ1) is 15.4. The van der Waals surface area contributed by atoms with Crippen molar-refractivity contribution in [2.24, 2.45) is 0 Å². The molecule has 0 radical (unpaired) electrons. The lowest BCUT2D eigenvalue weighted by molar-refractivity contribution is -0.136. The highest BCUT2D eigenvalue weighted by Gasteiger charge is 2.36. The van der Waals surface area contributed by atoms with Gasteiger partial charge in [-0.2, -0.15) is 0 Å². The minimum absolute atomic E-state index is 0.279. The summed E-state index contributed by atoms with van der Waals surface area (Å²) in [6, 6.07) is 12.8. The summed E-state index contributed by atoms with van der Waals surface area (Å²) in [6.45, 7) is 4.29. The first-order valence-electron chi connectivity index (χ1n) is 10.4. The van der Waals surface area contributed by atoms with Gasteiger partial charge in [0.1, 0.15) is 0 Å². The molecule has 2 aromatic carbocycles. The number of anilines is 1. The highest BCUT2D eigenvalue weighted by atomic mass is 35.5. The van der Waals surface area contributed by atoms with Gasteiger partial charge in [-0.05, 0) is 43.2 Å². The summed E-state index contributed by atoms with van der Waals surface area (Å²) in [5, 5.41) is 6.07. The van der Waals surface area contributed by atoms with Crippen molar-refractivity contribution in [2.75, 3.05) is 19.0 Å². The summed E-state index contributed by atoms with van der Waals surface area (Å²) >= 11 is 6.12. The maximum Gasteiger partial charge on any atom is 0.337 e. The van der Waals surface area contributed by atoms with Gasteiger partial charge in [0.2, 0.25) is 0 Å². The molecule has 8 heteroatoms. The third-order valence-electron chi connectivity index (χ3n) is 5.33. The predicted octanol–water partition coefficient (Wildman–Crippen LogP) is 4.91. The number of allylic oxidation sites excluding steroid dienone is 1. The van der Waals surface area contributed by atoms with E-state index in [-0.39, 0.29) is 11.9 Å². The second-order valence-electron chi connectivity index (χ2n) is 7.44. The van der Waals surface area contributed by atoms with Gasteiger partial charge in [0.15, 0.2) is 0 Å². The van der Waals surface area contributed by atoms with Crippen LogP contribution < -0.4 is 10.6 Å². The molecule has 1 aliphatic heterocycles. The number of unbranched alkanes of at least 4 members (excludes halogenated alkanes) is 1. The average Bonchev–Trinajstić information content (AvgIpc) is 2.78. The zero-order chi connectivity index (χ0) is 23.3. The highest BCUT2D eigenvalue weighted by Crippen LogP contribution is 2.32. The summed E-state index contributed by atoms with van der Waals surface area (Å²) in [5.74, 6) is -0.870. The summed E-state index contributed by atoms with van der Waals surface area (Å²) in [4.78, 5) is 39.6. The minimum Gasteiger partial charge on any atom is -0.466 e. The van der Waals surface area contributed by atoms with E-state index in [1.54, 1.807) is 60.4 Å². The van der Waals surface area contributed by atoms with E-state index in [0.717, 1.165) is 12.8 Å². The number of ether oxygens (including phenoxy) is 1. The molecule has 3 rings (SSSR count). The number of halogens is 1. The maximum absolute atomic E-state index is 12.8. The normalized spacial score (nSPS) is 15.9. The van der Waals surface area contributed by atoms with Gasteiger partial charge in [0, 0.05) is 17.9 Å². The molecule has 3 amide bonds. The van der Waals surface area contributed by atoms with Crippen LogP contribution in [0.15, 0.2) is 59.8 Å². The predicted molar refractivity (Wildman–Crippen MR) is 123 cm³/mol. The van der Waals surface area contributed by atoms with Crippen molar-refractivity contribution in [2.45, 2.75) is 32.7 Å². The zero-order valence-corrected chi connectivity index (χ0v) is 19.0. The summed E-state index contributed by atoms with van der Waals surface area (Å²) < 4.78 is 5.01. The minimum atomic E-state index is -0.704. The summed E-state index contributed by atoms with van der Waals surface area (Å²) in [6.07, 6.45) is 1.73. The Balaban J connectivity index is 1.93. The third kappa shape index (κ3) is 4.94. The van der Waals surface area contributed by atoms with E-state index in [1.807, 2.05) is 6.92 Å². The topological polar surface area (TPSA) is 87.7 Å². The molecular formula is C24H26ClN3O4. The van der Waals surface area contributed by atoms with E-state index in [1.165, 1.54) is 7.11 Å². The number of rotatable bonds is 7. The van der Waals surface area contributed by atoms with E-state index in [0.29, 0.717) is 39.7 Å². The Hall–Kier alpha value is -3.32. The first kappa shape index (κ1) is 23.3. The molecule has 1 unspecified atom stereocenters. The van der Waals surface area contributed by atoms with E-state index < -0.39 is 12.0 Å². The molecule has 168 valence electrons. The van der Waals surface area contributed by atoms with Crippen molar-refractivity contribution in [3.63, 3.8) is 0 Å². The Bertz CT molecular complexity index is 1070. The molecule has 7 nitrogen and oxygen atoms in total. The van der Waals surface area contributed by atoms with Gasteiger partial charge < -0.3 is 15.4 Å². The van der Waals surface area contributed by atoms with Crippen molar-refractivity contribution in [1.29, 1.82) is 0 Å². The molecular weight excluding hydrogens is 430 g/mol. The summed E-state index contributed by atoms with van der Waals surface area (Å²) in [7, 11) is 1.31. The number of urea groups is 1. The molecule has 0 spiro atoms. The van der Waals surface area contributed by atoms with Gasteiger partial charge in [-0.25, -0.2) is 9.59 Å².